The lowest BCUT2D eigenvalue weighted by molar-refractivity contribution is -0.300. The molecule has 0 amide bonds. The summed E-state index contributed by atoms with van der Waals surface area (Å²) in [5, 5.41) is 20.0. The molecular formula is C10H20O5. The summed E-state index contributed by atoms with van der Waals surface area (Å²) in [5.41, 5.74) is -1.39. The van der Waals surface area contributed by atoms with Crippen molar-refractivity contribution in [2.75, 3.05) is 14.2 Å². The van der Waals surface area contributed by atoms with Crippen LogP contribution in [-0.2, 0) is 14.2 Å². The molecule has 5 atom stereocenters. The SMILES string of the molecule is CO[C@H]1C[C@H](OC)[C@@](O)([C@H](C)O)[C@H](C)O1. The Morgan fingerprint density at radius 1 is 1.40 bits per heavy atom. The summed E-state index contributed by atoms with van der Waals surface area (Å²) in [4.78, 5) is 0. The lowest BCUT2D eigenvalue weighted by atomic mass is 9.82. The maximum atomic E-state index is 10.3. The Bertz CT molecular complexity index is 208. The highest BCUT2D eigenvalue weighted by atomic mass is 16.7. The van der Waals surface area contributed by atoms with Crippen molar-refractivity contribution >= 4 is 0 Å². The Morgan fingerprint density at radius 2 is 2.00 bits per heavy atom. The summed E-state index contributed by atoms with van der Waals surface area (Å²) in [7, 11) is 3.04. The van der Waals surface area contributed by atoms with E-state index in [2.05, 4.69) is 0 Å². The molecule has 0 aromatic carbocycles. The summed E-state index contributed by atoms with van der Waals surface area (Å²) in [6, 6.07) is 0. The average molecular weight is 220 g/mol. The van der Waals surface area contributed by atoms with E-state index in [-0.39, 0.29) is 0 Å². The molecule has 0 aliphatic carbocycles. The van der Waals surface area contributed by atoms with Gasteiger partial charge in [-0.2, -0.15) is 0 Å². The fourth-order valence-electron chi connectivity index (χ4n) is 2.06. The Morgan fingerprint density at radius 3 is 2.40 bits per heavy atom. The van der Waals surface area contributed by atoms with E-state index in [0.29, 0.717) is 6.42 Å². The molecule has 1 rings (SSSR count). The summed E-state index contributed by atoms with van der Waals surface area (Å²) in [6.07, 6.45) is -1.95. The fraction of sp³-hybridized carbons (Fsp3) is 1.00. The van der Waals surface area contributed by atoms with Gasteiger partial charge in [0.1, 0.15) is 5.60 Å². The van der Waals surface area contributed by atoms with E-state index in [1.807, 2.05) is 0 Å². The number of hydrogen-bond acceptors (Lipinski definition) is 5. The molecule has 1 fully saturated rings. The molecule has 0 aromatic rings. The van der Waals surface area contributed by atoms with Crippen LogP contribution in [0.2, 0.25) is 0 Å². The summed E-state index contributed by atoms with van der Waals surface area (Å²) >= 11 is 0. The molecule has 0 radical (unpaired) electrons. The van der Waals surface area contributed by atoms with Crippen LogP contribution in [0.25, 0.3) is 0 Å². The lowest BCUT2D eigenvalue weighted by Gasteiger charge is -2.47. The summed E-state index contributed by atoms with van der Waals surface area (Å²) in [6.45, 7) is 3.23. The van der Waals surface area contributed by atoms with Gasteiger partial charge in [-0.3, -0.25) is 0 Å². The van der Waals surface area contributed by atoms with Gasteiger partial charge >= 0.3 is 0 Å². The van der Waals surface area contributed by atoms with Gasteiger partial charge in [-0.1, -0.05) is 0 Å². The van der Waals surface area contributed by atoms with Crippen molar-refractivity contribution in [1.29, 1.82) is 0 Å². The molecular weight excluding hydrogens is 200 g/mol. The third kappa shape index (κ3) is 2.16. The standard InChI is InChI=1S/C10H20O5/c1-6(11)10(12)7(2)15-9(14-4)5-8(10)13-3/h6-9,11-12H,5H2,1-4H3/t6-,7-,8-,9+,10+/m0/s1. The van der Waals surface area contributed by atoms with Crippen LogP contribution in [0.1, 0.15) is 20.3 Å². The molecule has 0 unspecified atom stereocenters. The van der Waals surface area contributed by atoms with E-state index in [1.165, 1.54) is 21.1 Å². The number of methoxy groups -OCH3 is 2. The molecule has 0 saturated carbocycles. The van der Waals surface area contributed by atoms with Crippen LogP contribution in [0.4, 0.5) is 0 Å². The van der Waals surface area contributed by atoms with E-state index < -0.39 is 30.2 Å². The highest BCUT2D eigenvalue weighted by molar-refractivity contribution is 5.00. The van der Waals surface area contributed by atoms with Crippen LogP contribution in [0.5, 0.6) is 0 Å². The van der Waals surface area contributed by atoms with E-state index in [9.17, 15) is 10.2 Å². The zero-order valence-corrected chi connectivity index (χ0v) is 9.64. The minimum atomic E-state index is -1.39. The molecule has 1 saturated heterocycles. The molecule has 15 heavy (non-hydrogen) atoms. The Hall–Kier alpha value is -0.200. The molecule has 0 spiro atoms. The van der Waals surface area contributed by atoms with Gasteiger partial charge in [0, 0.05) is 20.6 Å². The zero-order chi connectivity index (χ0) is 11.6. The number of aliphatic hydroxyl groups excluding tert-OH is 1. The maximum Gasteiger partial charge on any atom is 0.160 e. The predicted molar refractivity (Wildman–Crippen MR) is 53.4 cm³/mol. The number of hydrogen-bond donors (Lipinski definition) is 2. The van der Waals surface area contributed by atoms with Gasteiger partial charge in [0.25, 0.3) is 0 Å². The van der Waals surface area contributed by atoms with Crippen molar-refractivity contribution in [2.24, 2.45) is 0 Å². The first-order valence-corrected chi connectivity index (χ1v) is 5.08. The normalized spacial score (nSPS) is 44.0. The van der Waals surface area contributed by atoms with Crippen molar-refractivity contribution in [3.8, 4) is 0 Å². The summed E-state index contributed by atoms with van der Waals surface area (Å²) < 4.78 is 15.7. The van der Waals surface area contributed by atoms with E-state index >= 15 is 0 Å². The van der Waals surface area contributed by atoms with Gasteiger partial charge in [-0.15, -0.1) is 0 Å². The molecule has 5 nitrogen and oxygen atoms in total. The molecule has 1 aliphatic heterocycles. The largest absolute Gasteiger partial charge is 0.390 e. The molecule has 5 heteroatoms. The predicted octanol–water partition coefficient (Wildman–Crippen LogP) is -0.105. The highest BCUT2D eigenvalue weighted by Gasteiger charge is 2.52. The minimum Gasteiger partial charge on any atom is -0.390 e. The van der Waals surface area contributed by atoms with E-state index in [1.54, 1.807) is 6.92 Å². The van der Waals surface area contributed by atoms with Gasteiger partial charge in [0.15, 0.2) is 6.29 Å². The van der Waals surface area contributed by atoms with Crippen LogP contribution in [0.3, 0.4) is 0 Å². The quantitative estimate of drug-likeness (QED) is 0.695. The second-order valence-electron chi connectivity index (χ2n) is 3.97. The van der Waals surface area contributed by atoms with Gasteiger partial charge in [0.2, 0.25) is 0 Å². The maximum absolute atomic E-state index is 10.3. The van der Waals surface area contributed by atoms with E-state index in [4.69, 9.17) is 14.2 Å². The van der Waals surface area contributed by atoms with Crippen LogP contribution >= 0.6 is 0 Å². The first-order valence-electron chi connectivity index (χ1n) is 5.08. The number of aliphatic hydroxyl groups is 2. The van der Waals surface area contributed by atoms with Crippen molar-refractivity contribution in [2.45, 2.75) is 50.5 Å². The topological polar surface area (TPSA) is 68.2 Å². The van der Waals surface area contributed by atoms with Crippen LogP contribution in [-0.4, -0.2) is 54.6 Å². The molecule has 90 valence electrons. The van der Waals surface area contributed by atoms with Crippen LogP contribution in [0.15, 0.2) is 0 Å². The third-order valence-electron chi connectivity index (χ3n) is 3.15. The van der Waals surface area contributed by atoms with Crippen molar-refractivity contribution in [3.63, 3.8) is 0 Å². The second-order valence-corrected chi connectivity index (χ2v) is 3.97. The average Bonchev–Trinajstić information content (AvgIpc) is 2.21. The fourth-order valence-corrected chi connectivity index (χ4v) is 2.06. The first kappa shape index (κ1) is 12.9. The number of ether oxygens (including phenoxy) is 3. The third-order valence-corrected chi connectivity index (χ3v) is 3.15. The van der Waals surface area contributed by atoms with Gasteiger partial charge < -0.3 is 24.4 Å². The first-order chi connectivity index (χ1) is 6.96. The Balaban J connectivity index is 2.86. The number of rotatable bonds is 3. The molecule has 0 bridgehead atoms. The van der Waals surface area contributed by atoms with Gasteiger partial charge in [-0.25, -0.2) is 0 Å². The van der Waals surface area contributed by atoms with Gasteiger partial charge in [-0.05, 0) is 13.8 Å². The Labute approximate surface area is 89.9 Å². The highest BCUT2D eigenvalue weighted by Crippen LogP contribution is 2.34. The van der Waals surface area contributed by atoms with E-state index in [0.717, 1.165) is 0 Å². The van der Waals surface area contributed by atoms with Crippen LogP contribution < -0.4 is 0 Å². The van der Waals surface area contributed by atoms with Gasteiger partial charge in [0.05, 0.1) is 18.3 Å². The molecule has 1 heterocycles. The second kappa shape index (κ2) is 4.76. The smallest absolute Gasteiger partial charge is 0.160 e. The Kier molecular flexibility index (Phi) is 4.08. The minimum absolute atomic E-state index is 0.399. The van der Waals surface area contributed by atoms with Crippen molar-refractivity contribution in [3.05, 3.63) is 0 Å². The van der Waals surface area contributed by atoms with Crippen molar-refractivity contribution in [1.82, 2.24) is 0 Å². The van der Waals surface area contributed by atoms with Crippen LogP contribution in [0, 0.1) is 0 Å². The van der Waals surface area contributed by atoms with Crippen molar-refractivity contribution < 1.29 is 24.4 Å². The monoisotopic (exact) mass is 220 g/mol. The molecule has 1 aliphatic rings. The summed E-state index contributed by atoms with van der Waals surface area (Å²) in [5.74, 6) is 0. The molecule has 2 N–H and O–H groups in total. The lowest BCUT2D eigenvalue weighted by Crippen LogP contribution is -2.64. The molecule has 0 aromatic heterocycles. The zero-order valence-electron chi connectivity index (χ0n) is 9.64.